The molecule has 3 aliphatic heterocycles. The summed E-state index contributed by atoms with van der Waals surface area (Å²) in [4.78, 5) is 19.5. The van der Waals surface area contributed by atoms with Crippen molar-refractivity contribution in [3.63, 3.8) is 0 Å². The van der Waals surface area contributed by atoms with Crippen molar-refractivity contribution >= 4 is 28.9 Å². The molecule has 0 aromatic carbocycles. The van der Waals surface area contributed by atoms with Gasteiger partial charge in [0.25, 0.3) is 0 Å². The number of nitrogens with zero attached hydrogens (tertiary/aromatic N) is 7. The van der Waals surface area contributed by atoms with E-state index < -0.39 is 0 Å². The minimum absolute atomic E-state index is 0.0210. The van der Waals surface area contributed by atoms with Gasteiger partial charge in [0.1, 0.15) is 23.9 Å². The maximum absolute atomic E-state index is 6.25. The van der Waals surface area contributed by atoms with Crippen LogP contribution in [0.5, 0.6) is 0 Å². The van der Waals surface area contributed by atoms with Crippen LogP contribution in [-0.2, 0) is 16.5 Å². The third-order valence-corrected chi connectivity index (χ3v) is 7.21. The van der Waals surface area contributed by atoms with Gasteiger partial charge in [-0.05, 0) is 31.9 Å². The quantitative estimate of drug-likeness (QED) is 0.467. The Hall–Kier alpha value is -3.01. The zero-order valence-corrected chi connectivity index (χ0v) is 21.7. The number of ether oxygens (including phenoxy) is 2. The summed E-state index contributed by atoms with van der Waals surface area (Å²) in [5.41, 5.74) is 5.53. The third kappa shape index (κ3) is 4.15. The molecule has 36 heavy (non-hydrogen) atoms. The van der Waals surface area contributed by atoms with Crippen molar-refractivity contribution < 1.29 is 9.47 Å². The van der Waals surface area contributed by atoms with Crippen molar-refractivity contribution in [3.05, 3.63) is 52.4 Å². The molecule has 0 spiro atoms. The van der Waals surface area contributed by atoms with Gasteiger partial charge >= 0.3 is 0 Å². The van der Waals surface area contributed by atoms with Crippen molar-refractivity contribution in [2.45, 2.75) is 45.6 Å². The van der Waals surface area contributed by atoms with Gasteiger partial charge in [0.2, 0.25) is 0 Å². The third-order valence-electron chi connectivity index (χ3n) is 7.00. The Morgan fingerprint density at radius 1 is 1.17 bits per heavy atom. The second-order valence-corrected chi connectivity index (χ2v) is 10.1. The summed E-state index contributed by atoms with van der Waals surface area (Å²) < 4.78 is 14.1. The van der Waals surface area contributed by atoms with Gasteiger partial charge in [-0.2, -0.15) is 5.10 Å². The number of rotatable bonds is 5. The van der Waals surface area contributed by atoms with E-state index in [4.69, 9.17) is 36.0 Å². The second-order valence-electron chi connectivity index (χ2n) is 9.63. The summed E-state index contributed by atoms with van der Waals surface area (Å²) in [6, 6.07) is 4.02. The minimum atomic E-state index is -0.0889. The topological polar surface area (TPSA) is 84.2 Å². The van der Waals surface area contributed by atoms with Crippen molar-refractivity contribution in [2.24, 2.45) is 12.0 Å². The van der Waals surface area contributed by atoms with Gasteiger partial charge in [-0.25, -0.2) is 9.98 Å². The molecule has 0 amide bonds. The molecule has 0 N–H and O–H groups in total. The summed E-state index contributed by atoms with van der Waals surface area (Å²) in [5, 5.41) is 4.92. The van der Waals surface area contributed by atoms with Gasteiger partial charge in [-0.15, -0.1) is 0 Å². The fourth-order valence-electron chi connectivity index (χ4n) is 5.20. The Labute approximate surface area is 215 Å². The molecular weight excluding hydrogens is 478 g/mol. The maximum atomic E-state index is 6.25. The number of aromatic nitrogens is 4. The standard InChI is InChI=1S/C26H30ClN7O2/c1-5-6-34-16(3)30-19-10-21(33-7-8-35-20(14-33)17-11-29-32(4)13-17)31-24(22(19)25-26(34)36-25)23-15(2)9-18(27)12-28-23/h9-13,20,25-26H,5-8,14H2,1-4H3/t20-,25?,26?/m0/s1. The number of hydrogen-bond donors (Lipinski definition) is 0. The van der Waals surface area contributed by atoms with Crippen LogP contribution < -0.4 is 4.90 Å². The van der Waals surface area contributed by atoms with E-state index in [0.29, 0.717) is 18.2 Å². The Morgan fingerprint density at radius 2 is 2.03 bits per heavy atom. The van der Waals surface area contributed by atoms with Crippen LogP contribution in [-0.4, -0.2) is 63.0 Å². The van der Waals surface area contributed by atoms with E-state index in [1.165, 1.54) is 0 Å². The van der Waals surface area contributed by atoms with Crippen molar-refractivity contribution in [1.82, 2.24) is 24.6 Å². The lowest BCUT2D eigenvalue weighted by Gasteiger charge is -2.34. The molecule has 0 bridgehead atoms. The first-order valence-electron chi connectivity index (χ1n) is 12.4. The zero-order valence-electron chi connectivity index (χ0n) is 21.0. The molecular formula is C26H30ClN7O2. The molecule has 6 heterocycles. The summed E-state index contributed by atoms with van der Waals surface area (Å²) >= 11 is 6.25. The van der Waals surface area contributed by atoms with E-state index in [0.717, 1.165) is 64.9 Å². The second kappa shape index (κ2) is 9.14. The average Bonchev–Trinajstić information content (AvgIpc) is 3.53. The first-order chi connectivity index (χ1) is 17.4. The lowest BCUT2D eigenvalue weighted by atomic mass is 10.0. The number of anilines is 1. The Bertz CT molecular complexity index is 1340. The molecule has 0 saturated carbocycles. The first kappa shape index (κ1) is 23.4. The molecule has 9 nitrogen and oxygen atoms in total. The van der Waals surface area contributed by atoms with E-state index in [1.807, 2.05) is 32.4 Å². The molecule has 3 atom stereocenters. The normalized spacial score (nSPS) is 23.1. The zero-order chi connectivity index (χ0) is 25.0. The average molecular weight is 508 g/mol. The predicted molar refractivity (Wildman–Crippen MR) is 139 cm³/mol. The van der Waals surface area contributed by atoms with E-state index in [1.54, 1.807) is 10.9 Å². The number of halogens is 1. The molecule has 0 radical (unpaired) electrons. The highest BCUT2D eigenvalue weighted by Crippen LogP contribution is 2.51. The Morgan fingerprint density at radius 3 is 2.78 bits per heavy atom. The summed E-state index contributed by atoms with van der Waals surface area (Å²) in [5.74, 6) is 1.82. The Kier molecular flexibility index (Phi) is 5.94. The van der Waals surface area contributed by atoms with Crippen LogP contribution in [0.2, 0.25) is 5.02 Å². The number of morpholine rings is 1. The van der Waals surface area contributed by atoms with Crippen molar-refractivity contribution in [3.8, 4) is 11.4 Å². The van der Waals surface area contributed by atoms with Crippen LogP contribution in [0.3, 0.4) is 0 Å². The first-order valence-corrected chi connectivity index (χ1v) is 12.8. The van der Waals surface area contributed by atoms with Crippen LogP contribution in [0.25, 0.3) is 11.4 Å². The van der Waals surface area contributed by atoms with Gasteiger partial charge in [-0.3, -0.25) is 9.67 Å². The van der Waals surface area contributed by atoms with E-state index in [2.05, 4.69) is 34.8 Å². The summed E-state index contributed by atoms with van der Waals surface area (Å²) in [6.07, 6.45) is 6.39. The van der Waals surface area contributed by atoms with Crippen molar-refractivity contribution in [2.75, 3.05) is 31.1 Å². The van der Waals surface area contributed by atoms with Gasteiger partial charge in [-0.1, -0.05) is 18.5 Å². The summed E-state index contributed by atoms with van der Waals surface area (Å²) in [6.45, 7) is 9.16. The van der Waals surface area contributed by atoms with Crippen LogP contribution in [0, 0.1) is 6.92 Å². The molecule has 2 fully saturated rings. The number of aliphatic imine (C=N–C) groups is 1. The molecule has 2 saturated heterocycles. The van der Waals surface area contributed by atoms with E-state index in [-0.39, 0.29) is 18.4 Å². The van der Waals surface area contributed by atoms with E-state index >= 15 is 0 Å². The SMILES string of the molecule is CCCN1C(C)=Nc2cc(N3CCO[C@H](c4cnn(C)c4)C3)nc(-c3ncc(Cl)cc3C)c2C2OC21. The fourth-order valence-corrected chi connectivity index (χ4v) is 5.42. The molecule has 10 heteroatoms. The van der Waals surface area contributed by atoms with Crippen LogP contribution in [0.1, 0.15) is 49.2 Å². The smallest absolute Gasteiger partial charge is 0.163 e. The number of amidine groups is 1. The highest BCUT2D eigenvalue weighted by atomic mass is 35.5. The number of epoxide rings is 1. The number of aryl methyl sites for hydroxylation is 2. The van der Waals surface area contributed by atoms with Gasteiger partial charge in [0.05, 0.1) is 34.9 Å². The molecule has 3 aromatic heterocycles. The maximum Gasteiger partial charge on any atom is 0.163 e. The lowest BCUT2D eigenvalue weighted by Crippen LogP contribution is -2.38. The van der Waals surface area contributed by atoms with Gasteiger partial charge in [0, 0.05) is 56.3 Å². The van der Waals surface area contributed by atoms with Gasteiger partial charge < -0.3 is 19.3 Å². The molecule has 6 rings (SSSR count). The van der Waals surface area contributed by atoms with Crippen LogP contribution >= 0.6 is 11.6 Å². The molecule has 2 unspecified atom stereocenters. The monoisotopic (exact) mass is 507 g/mol. The fraction of sp³-hybridized carbons (Fsp3) is 0.462. The number of fused-ring (bicyclic) bond motifs is 3. The minimum Gasteiger partial charge on any atom is -0.370 e. The Balaban J connectivity index is 1.46. The largest absolute Gasteiger partial charge is 0.370 e. The molecule has 0 aliphatic carbocycles. The van der Waals surface area contributed by atoms with Crippen molar-refractivity contribution in [1.29, 1.82) is 0 Å². The van der Waals surface area contributed by atoms with E-state index in [9.17, 15) is 0 Å². The summed E-state index contributed by atoms with van der Waals surface area (Å²) in [7, 11) is 1.92. The molecule has 188 valence electrons. The highest BCUT2D eigenvalue weighted by molar-refractivity contribution is 6.30. The van der Waals surface area contributed by atoms with Gasteiger partial charge in [0.15, 0.2) is 6.23 Å². The molecule has 3 aromatic rings. The number of hydrogen-bond acceptors (Lipinski definition) is 8. The molecule has 3 aliphatic rings. The number of pyridine rings is 2. The highest BCUT2D eigenvalue weighted by Gasteiger charge is 2.50. The van der Waals surface area contributed by atoms with Crippen LogP contribution in [0.4, 0.5) is 11.5 Å². The lowest BCUT2D eigenvalue weighted by molar-refractivity contribution is 0.0395. The predicted octanol–water partition coefficient (Wildman–Crippen LogP) is 4.59. The van der Waals surface area contributed by atoms with Crippen LogP contribution in [0.15, 0.2) is 35.7 Å².